The Bertz CT molecular complexity index is 1250. The van der Waals surface area contributed by atoms with Gasteiger partial charge in [0, 0.05) is 28.0 Å². The third-order valence-corrected chi connectivity index (χ3v) is 6.84. The van der Waals surface area contributed by atoms with Gasteiger partial charge in [-0.2, -0.15) is 5.10 Å². The van der Waals surface area contributed by atoms with Crippen molar-refractivity contribution >= 4 is 23.4 Å². The van der Waals surface area contributed by atoms with Gasteiger partial charge in [-0.05, 0) is 17.7 Å². The number of benzene rings is 3. The van der Waals surface area contributed by atoms with E-state index < -0.39 is 23.3 Å². The molecule has 0 saturated carbocycles. The summed E-state index contributed by atoms with van der Waals surface area (Å²) in [5.74, 6) is -0.596. The number of thioether (sulfide) groups is 1. The minimum absolute atomic E-state index is 0.211. The van der Waals surface area contributed by atoms with E-state index in [0.29, 0.717) is 15.9 Å². The second-order valence-corrected chi connectivity index (χ2v) is 8.86. The summed E-state index contributed by atoms with van der Waals surface area (Å²) < 4.78 is 36.3. The van der Waals surface area contributed by atoms with Crippen LogP contribution in [0.5, 0.6) is 0 Å². The number of aromatic nitrogens is 3. The van der Waals surface area contributed by atoms with Gasteiger partial charge in [0.2, 0.25) is 0 Å². The van der Waals surface area contributed by atoms with E-state index in [2.05, 4.69) is 10.1 Å². The fourth-order valence-corrected chi connectivity index (χ4v) is 4.95. The maximum Gasteiger partial charge on any atom is 0.186 e. The molecule has 4 nitrogen and oxygen atoms in total. The number of epoxide rings is 1. The van der Waals surface area contributed by atoms with E-state index in [4.69, 9.17) is 16.3 Å². The van der Waals surface area contributed by atoms with E-state index in [1.54, 1.807) is 10.7 Å². The molecule has 5 rings (SSSR count). The quantitative estimate of drug-likeness (QED) is 0.240. The summed E-state index contributed by atoms with van der Waals surface area (Å²) in [4.78, 5) is 4.37. The van der Waals surface area contributed by atoms with Gasteiger partial charge >= 0.3 is 0 Å². The molecule has 2 atom stereocenters. The highest BCUT2D eigenvalue weighted by molar-refractivity contribution is 7.98. The van der Waals surface area contributed by atoms with Crippen molar-refractivity contribution in [1.29, 1.82) is 0 Å². The first-order valence-corrected chi connectivity index (χ1v) is 11.4. The molecular formula is C24H18ClF2N3OS. The SMILES string of the molecule is Fc1ccc([C@@]2(Cn3ncnc3SCc3ccccc3)O[C@H]2c2ccccc2Cl)c(F)c1. The van der Waals surface area contributed by atoms with Gasteiger partial charge in [0.15, 0.2) is 5.16 Å². The van der Waals surface area contributed by atoms with Crippen molar-refractivity contribution in [1.82, 2.24) is 14.8 Å². The van der Waals surface area contributed by atoms with E-state index in [1.807, 2.05) is 48.5 Å². The molecule has 0 radical (unpaired) electrons. The fourth-order valence-electron chi connectivity index (χ4n) is 3.84. The predicted octanol–water partition coefficient (Wildman–Crippen LogP) is 6.17. The molecule has 1 aliphatic rings. The molecule has 1 aromatic heterocycles. The molecule has 0 bridgehead atoms. The highest BCUT2D eigenvalue weighted by atomic mass is 35.5. The van der Waals surface area contributed by atoms with Crippen LogP contribution in [0.1, 0.15) is 22.8 Å². The molecule has 0 amide bonds. The second kappa shape index (κ2) is 8.65. The predicted molar refractivity (Wildman–Crippen MR) is 119 cm³/mol. The van der Waals surface area contributed by atoms with Crippen LogP contribution in [0.25, 0.3) is 0 Å². The summed E-state index contributed by atoms with van der Waals surface area (Å²) in [5.41, 5.74) is 1.09. The lowest BCUT2D eigenvalue weighted by Gasteiger charge is -2.16. The van der Waals surface area contributed by atoms with E-state index in [0.717, 1.165) is 17.2 Å². The maximum atomic E-state index is 14.9. The number of nitrogens with zero attached hydrogens (tertiary/aromatic N) is 3. The van der Waals surface area contributed by atoms with Gasteiger partial charge in [-0.1, -0.05) is 78.0 Å². The highest BCUT2D eigenvalue weighted by Crippen LogP contribution is 2.59. The summed E-state index contributed by atoms with van der Waals surface area (Å²) >= 11 is 7.93. The zero-order valence-corrected chi connectivity index (χ0v) is 18.4. The first-order chi connectivity index (χ1) is 15.6. The molecule has 0 unspecified atom stereocenters. The topological polar surface area (TPSA) is 43.2 Å². The Kier molecular flexibility index (Phi) is 5.71. The lowest BCUT2D eigenvalue weighted by molar-refractivity contribution is 0.250. The smallest absolute Gasteiger partial charge is 0.186 e. The Morgan fingerprint density at radius 1 is 1.03 bits per heavy atom. The first-order valence-electron chi connectivity index (χ1n) is 9.99. The maximum absolute atomic E-state index is 14.9. The van der Waals surface area contributed by atoms with Gasteiger partial charge in [0.1, 0.15) is 29.7 Å². The van der Waals surface area contributed by atoms with Gasteiger partial charge in [0.25, 0.3) is 0 Å². The molecule has 1 fully saturated rings. The molecule has 0 aliphatic carbocycles. The molecule has 3 aromatic carbocycles. The van der Waals surface area contributed by atoms with Gasteiger partial charge < -0.3 is 4.74 Å². The van der Waals surface area contributed by atoms with Gasteiger partial charge in [-0.3, -0.25) is 0 Å². The number of rotatable bonds is 7. The van der Waals surface area contributed by atoms with Crippen molar-refractivity contribution in [3.05, 3.63) is 112 Å². The number of ether oxygens (including phenoxy) is 1. The average Bonchev–Trinajstić information content (AvgIpc) is 3.32. The summed E-state index contributed by atoms with van der Waals surface area (Å²) in [6.07, 6.45) is 0.974. The Morgan fingerprint density at radius 3 is 2.59 bits per heavy atom. The monoisotopic (exact) mass is 469 g/mol. The van der Waals surface area contributed by atoms with Crippen molar-refractivity contribution in [3.8, 4) is 0 Å². The molecule has 0 N–H and O–H groups in total. The molecular weight excluding hydrogens is 452 g/mol. The zero-order chi connectivity index (χ0) is 22.1. The average molecular weight is 470 g/mol. The van der Waals surface area contributed by atoms with Crippen molar-refractivity contribution in [2.75, 3.05) is 0 Å². The molecule has 8 heteroatoms. The number of hydrogen-bond acceptors (Lipinski definition) is 4. The van der Waals surface area contributed by atoms with Crippen LogP contribution in [0.15, 0.2) is 84.3 Å². The molecule has 0 spiro atoms. The summed E-state index contributed by atoms with van der Waals surface area (Å²) in [7, 11) is 0. The minimum atomic E-state index is -1.07. The molecule has 1 saturated heterocycles. The fraction of sp³-hybridized carbons (Fsp3) is 0.167. The Morgan fingerprint density at radius 2 is 1.81 bits per heavy atom. The van der Waals surface area contributed by atoms with Crippen LogP contribution >= 0.6 is 23.4 Å². The number of hydrogen-bond donors (Lipinski definition) is 0. The van der Waals surface area contributed by atoms with Crippen LogP contribution in [0, 0.1) is 11.6 Å². The summed E-state index contributed by atoms with van der Waals surface area (Å²) in [6.45, 7) is 0.211. The van der Waals surface area contributed by atoms with Crippen LogP contribution in [0.2, 0.25) is 5.02 Å². The van der Waals surface area contributed by atoms with Crippen LogP contribution in [-0.4, -0.2) is 14.8 Å². The standard InChI is InChI=1S/C24H18ClF2N3OS/c25-20-9-5-4-8-18(20)22-24(31-22,19-11-10-17(26)12-21(19)27)14-30-23(28-15-29-30)32-13-16-6-2-1-3-7-16/h1-12,15,22H,13-14H2/t22-,24+/m0/s1. The van der Waals surface area contributed by atoms with Crippen LogP contribution < -0.4 is 0 Å². The van der Waals surface area contributed by atoms with Crippen molar-refractivity contribution < 1.29 is 13.5 Å². The van der Waals surface area contributed by atoms with Crippen LogP contribution in [0.3, 0.4) is 0 Å². The van der Waals surface area contributed by atoms with Gasteiger partial charge in [-0.15, -0.1) is 0 Å². The normalized spacial score (nSPS) is 19.8. The molecule has 32 heavy (non-hydrogen) atoms. The summed E-state index contributed by atoms with van der Waals surface area (Å²) in [6, 6.07) is 20.8. The largest absolute Gasteiger partial charge is 0.354 e. The Labute approximate surface area is 193 Å². The van der Waals surface area contributed by atoms with Crippen molar-refractivity contribution in [2.24, 2.45) is 0 Å². The highest BCUT2D eigenvalue weighted by Gasteiger charge is 2.61. The summed E-state index contributed by atoms with van der Waals surface area (Å²) in [5, 5.41) is 5.56. The van der Waals surface area contributed by atoms with Crippen LogP contribution in [-0.2, 0) is 22.6 Å². The molecule has 162 valence electrons. The lowest BCUT2D eigenvalue weighted by Crippen LogP contribution is -2.22. The van der Waals surface area contributed by atoms with Crippen molar-refractivity contribution in [3.63, 3.8) is 0 Å². The second-order valence-electron chi connectivity index (χ2n) is 7.51. The first kappa shape index (κ1) is 21.1. The molecule has 4 aromatic rings. The molecule has 2 heterocycles. The van der Waals surface area contributed by atoms with E-state index in [1.165, 1.54) is 30.2 Å². The zero-order valence-electron chi connectivity index (χ0n) is 16.8. The van der Waals surface area contributed by atoms with Gasteiger partial charge in [0.05, 0.1) is 6.54 Å². The lowest BCUT2D eigenvalue weighted by atomic mass is 9.91. The Hall–Kier alpha value is -2.74. The van der Waals surface area contributed by atoms with Crippen molar-refractivity contribution in [2.45, 2.75) is 29.2 Å². The minimum Gasteiger partial charge on any atom is -0.354 e. The number of halogens is 3. The molecule has 1 aliphatic heterocycles. The third kappa shape index (κ3) is 4.03. The third-order valence-electron chi connectivity index (χ3n) is 5.44. The van der Waals surface area contributed by atoms with Crippen LogP contribution in [0.4, 0.5) is 8.78 Å². The van der Waals surface area contributed by atoms with E-state index >= 15 is 0 Å². The Balaban J connectivity index is 1.47. The van der Waals surface area contributed by atoms with E-state index in [9.17, 15) is 8.78 Å². The van der Waals surface area contributed by atoms with E-state index in [-0.39, 0.29) is 12.1 Å². The van der Waals surface area contributed by atoms with Gasteiger partial charge in [-0.25, -0.2) is 18.4 Å².